The predicted octanol–water partition coefficient (Wildman–Crippen LogP) is 1.41. The quantitative estimate of drug-likeness (QED) is 0.672. The van der Waals surface area contributed by atoms with Crippen molar-refractivity contribution < 1.29 is 14.3 Å². The van der Waals surface area contributed by atoms with E-state index in [0.717, 1.165) is 13.1 Å². The van der Waals surface area contributed by atoms with E-state index in [1.54, 1.807) is 18.2 Å². The summed E-state index contributed by atoms with van der Waals surface area (Å²) >= 11 is 5.97. The highest BCUT2D eigenvalue weighted by atomic mass is 35.5. The molecule has 1 fully saturated rings. The van der Waals surface area contributed by atoms with Crippen LogP contribution in [-0.4, -0.2) is 50.3 Å². The second-order valence-electron chi connectivity index (χ2n) is 4.56. The maximum atomic E-state index is 11.9. The van der Waals surface area contributed by atoms with Crippen LogP contribution >= 0.6 is 11.6 Å². The molecule has 5 nitrogen and oxygen atoms in total. The van der Waals surface area contributed by atoms with Crippen molar-refractivity contribution in [2.45, 2.75) is 6.10 Å². The minimum atomic E-state index is -0.478. The Morgan fingerprint density at radius 1 is 1.63 bits per heavy atom. The molecule has 0 spiro atoms. The van der Waals surface area contributed by atoms with E-state index in [4.69, 9.17) is 26.8 Å². The van der Waals surface area contributed by atoms with E-state index in [1.807, 2.05) is 7.05 Å². The van der Waals surface area contributed by atoms with Gasteiger partial charge < -0.3 is 20.1 Å². The number of likely N-dealkylation sites (N-methyl/N-ethyl adjacent to an activating group) is 1. The number of rotatable bonds is 3. The summed E-state index contributed by atoms with van der Waals surface area (Å²) in [7, 11) is 2.01. The topological polar surface area (TPSA) is 64.8 Å². The third-order valence-corrected chi connectivity index (χ3v) is 3.41. The van der Waals surface area contributed by atoms with Crippen LogP contribution in [0.1, 0.15) is 10.4 Å². The van der Waals surface area contributed by atoms with E-state index in [0.29, 0.717) is 12.3 Å². The van der Waals surface area contributed by atoms with Gasteiger partial charge in [0.15, 0.2) is 0 Å². The molecule has 1 saturated heterocycles. The number of anilines is 1. The molecule has 1 aromatic rings. The second-order valence-corrected chi connectivity index (χ2v) is 4.94. The molecule has 0 amide bonds. The summed E-state index contributed by atoms with van der Waals surface area (Å²) in [6, 6.07) is 4.90. The molecule has 0 aromatic heterocycles. The first-order valence-corrected chi connectivity index (χ1v) is 6.47. The first-order chi connectivity index (χ1) is 9.08. The van der Waals surface area contributed by atoms with Gasteiger partial charge in [-0.2, -0.15) is 0 Å². The molecule has 1 heterocycles. The van der Waals surface area contributed by atoms with E-state index in [2.05, 4.69) is 4.90 Å². The van der Waals surface area contributed by atoms with Gasteiger partial charge in [0.2, 0.25) is 0 Å². The summed E-state index contributed by atoms with van der Waals surface area (Å²) in [5.41, 5.74) is 6.29. The number of nitrogen functional groups attached to an aromatic ring is 1. The Labute approximate surface area is 117 Å². The molecule has 2 rings (SSSR count). The molecule has 1 atom stereocenters. The molecule has 104 valence electrons. The van der Waals surface area contributed by atoms with Crippen LogP contribution in [0, 0.1) is 0 Å². The molecule has 6 heteroatoms. The summed E-state index contributed by atoms with van der Waals surface area (Å²) in [6.45, 7) is 2.51. The number of morpholine rings is 1. The fourth-order valence-corrected chi connectivity index (χ4v) is 2.12. The monoisotopic (exact) mass is 284 g/mol. The van der Waals surface area contributed by atoms with Gasteiger partial charge in [-0.15, -0.1) is 0 Å². The largest absolute Gasteiger partial charge is 0.459 e. The number of nitrogens with zero attached hydrogens (tertiary/aromatic N) is 1. The van der Waals surface area contributed by atoms with Gasteiger partial charge in [0.25, 0.3) is 0 Å². The maximum absolute atomic E-state index is 11.9. The van der Waals surface area contributed by atoms with Crippen LogP contribution in [0.5, 0.6) is 0 Å². The van der Waals surface area contributed by atoms with Crippen LogP contribution in [0.25, 0.3) is 0 Å². The molecule has 0 radical (unpaired) electrons. The van der Waals surface area contributed by atoms with Gasteiger partial charge in [0.05, 0.1) is 22.9 Å². The Balaban J connectivity index is 1.92. The molecule has 0 aliphatic carbocycles. The summed E-state index contributed by atoms with van der Waals surface area (Å²) in [6.07, 6.45) is -0.0949. The Kier molecular flexibility index (Phi) is 4.63. The number of ether oxygens (including phenoxy) is 2. The number of halogens is 1. The fourth-order valence-electron chi connectivity index (χ4n) is 1.92. The standard InChI is InChI=1S/C13H17ClN2O3/c1-16-5-6-18-9(7-16)8-19-13(17)10-3-2-4-11(15)12(10)14/h2-4,9H,5-8,15H2,1H3. The van der Waals surface area contributed by atoms with Gasteiger partial charge in [-0.05, 0) is 19.2 Å². The first kappa shape index (κ1) is 14.1. The molecule has 1 aromatic carbocycles. The summed E-state index contributed by atoms with van der Waals surface area (Å²) < 4.78 is 10.7. The van der Waals surface area contributed by atoms with Crippen LogP contribution in [-0.2, 0) is 9.47 Å². The summed E-state index contributed by atoms with van der Waals surface area (Å²) in [5.74, 6) is -0.478. The summed E-state index contributed by atoms with van der Waals surface area (Å²) in [5, 5.41) is 0.231. The average molecular weight is 285 g/mol. The fraction of sp³-hybridized carbons (Fsp3) is 0.462. The van der Waals surface area contributed by atoms with Crippen molar-refractivity contribution in [2.75, 3.05) is 39.1 Å². The highest BCUT2D eigenvalue weighted by Gasteiger charge is 2.20. The highest BCUT2D eigenvalue weighted by Crippen LogP contribution is 2.23. The molecule has 1 aliphatic rings. The molecule has 0 bridgehead atoms. The number of carbonyl (C=O) groups is 1. The minimum Gasteiger partial charge on any atom is -0.459 e. The number of hydrogen-bond donors (Lipinski definition) is 1. The van der Waals surface area contributed by atoms with Crippen molar-refractivity contribution in [1.82, 2.24) is 4.90 Å². The van der Waals surface area contributed by atoms with E-state index in [1.165, 1.54) is 0 Å². The average Bonchev–Trinajstić information content (AvgIpc) is 2.39. The van der Waals surface area contributed by atoms with Gasteiger partial charge in [0.1, 0.15) is 12.7 Å². The third kappa shape index (κ3) is 3.59. The van der Waals surface area contributed by atoms with Crippen molar-refractivity contribution >= 4 is 23.3 Å². The molecule has 19 heavy (non-hydrogen) atoms. The van der Waals surface area contributed by atoms with Crippen LogP contribution in [0.3, 0.4) is 0 Å². The molecular formula is C13H17ClN2O3. The molecular weight excluding hydrogens is 268 g/mol. The lowest BCUT2D eigenvalue weighted by molar-refractivity contribution is -0.0528. The van der Waals surface area contributed by atoms with Crippen molar-refractivity contribution in [2.24, 2.45) is 0 Å². The van der Waals surface area contributed by atoms with E-state index in [9.17, 15) is 4.79 Å². The van der Waals surface area contributed by atoms with Gasteiger partial charge in [0, 0.05) is 13.1 Å². The van der Waals surface area contributed by atoms with Gasteiger partial charge in [-0.3, -0.25) is 0 Å². The van der Waals surface area contributed by atoms with Crippen LogP contribution in [0.2, 0.25) is 5.02 Å². The Morgan fingerprint density at radius 3 is 3.16 bits per heavy atom. The van der Waals surface area contributed by atoms with Crippen LogP contribution < -0.4 is 5.73 Å². The van der Waals surface area contributed by atoms with Gasteiger partial charge in [-0.25, -0.2) is 4.79 Å². The Morgan fingerprint density at radius 2 is 2.42 bits per heavy atom. The third-order valence-electron chi connectivity index (χ3n) is 2.99. The normalized spacial score (nSPS) is 20.2. The number of benzene rings is 1. The van der Waals surface area contributed by atoms with E-state index in [-0.39, 0.29) is 23.3 Å². The highest BCUT2D eigenvalue weighted by molar-refractivity contribution is 6.36. The van der Waals surface area contributed by atoms with Crippen LogP contribution in [0.4, 0.5) is 5.69 Å². The maximum Gasteiger partial charge on any atom is 0.339 e. The minimum absolute atomic E-state index is 0.0949. The van der Waals surface area contributed by atoms with E-state index < -0.39 is 5.97 Å². The lowest BCUT2D eigenvalue weighted by Gasteiger charge is -2.29. The summed E-state index contributed by atoms with van der Waals surface area (Å²) in [4.78, 5) is 14.0. The van der Waals surface area contributed by atoms with Crippen molar-refractivity contribution in [3.63, 3.8) is 0 Å². The zero-order valence-corrected chi connectivity index (χ0v) is 11.5. The van der Waals surface area contributed by atoms with Gasteiger partial charge in [-0.1, -0.05) is 17.7 Å². The SMILES string of the molecule is CN1CCOC(COC(=O)c2cccc(N)c2Cl)C1. The number of carbonyl (C=O) groups excluding carboxylic acids is 1. The molecule has 0 saturated carbocycles. The van der Waals surface area contributed by atoms with Gasteiger partial charge >= 0.3 is 5.97 Å². The Hall–Kier alpha value is -1.30. The molecule has 2 N–H and O–H groups in total. The number of esters is 1. The van der Waals surface area contributed by atoms with Crippen molar-refractivity contribution in [3.8, 4) is 0 Å². The van der Waals surface area contributed by atoms with Crippen molar-refractivity contribution in [1.29, 1.82) is 0 Å². The van der Waals surface area contributed by atoms with E-state index >= 15 is 0 Å². The number of hydrogen-bond acceptors (Lipinski definition) is 5. The smallest absolute Gasteiger partial charge is 0.339 e. The zero-order valence-electron chi connectivity index (χ0n) is 10.8. The lowest BCUT2D eigenvalue weighted by Crippen LogP contribution is -2.42. The lowest BCUT2D eigenvalue weighted by atomic mass is 10.2. The first-order valence-electron chi connectivity index (χ1n) is 6.09. The van der Waals surface area contributed by atoms with Crippen LogP contribution in [0.15, 0.2) is 18.2 Å². The number of nitrogens with two attached hydrogens (primary N) is 1. The Bertz CT molecular complexity index is 467. The predicted molar refractivity (Wildman–Crippen MR) is 73.4 cm³/mol. The molecule has 1 aliphatic heterocycles. The zero-order chi connectivity index (χ0) is 13.8. The second kappa shape index (κ2) is 6.23. The van der Waals surface area contributed by atoms with Crippen molar-refractivity contribution in [3.05, 3.63) is 28.8 Å². The molecule has 1 unspecified atom stereocenters.